The van der Waals surface area contributed by atoms with Crippen molar-refractivity contribution in [2.75, 3.05) is 0 Å². The molecule has 0 spiro atoms. The van der Waals surface area contributed by atoms with Crippen molar-refractivity contribution in [2.45, 2.75) is 0 Å². The van der Waals surface area contributed by atoms with Crippen molar-refractivity contribution in [2.24, 2.45) is 0 Å². The van der Waals surface area contributed by atoms with Gasteiger partial charge >= 0.3 is 0 Å². The molecule has 0 unspecified atom stereocenters. The summed E-state index contributed by atoms with van der Waals surface area (Å²) in [4.78, 5) is 0. The van der Waals surface area contributed by atoms with Crippen LogP contribution in [0.4, 0.5) is 0 Å². The van der Waals surface area contributed by atoms with Gasteiger partial charge in [0.05, 0.1) is 27.8 Å². The van der Waals surface area contributed by atoms with E-state index in [9.17, 15) is 0 Å². The number of aromatic nitrogens is 2. The maximum Gasteiger partial charge on any atom is 0.0683 e. The van der Waals surface area contributed by atoms with Crippen molar-refractivity contribution in [1.29, 1.82) is 0 Å². The molecular formula is C36H22Br2N2. The van der Waals surface area contributed by atoms with Crippen LogP contribution in [0.2, 0.25) is 0 Å². The number of rotatable bonds is 3. The lowest BCUT2D eigenvalue weighted by Gasteiger charge is -2.12. The van der Waals surface area contributed by atoms with Gasteiger partial charge in [-0.25, -0.2) is 0 Å². The molecule has 0 saturated carbocycles. The first-order valence-corrected chi connectivity index (χ1v) is 14.8. The average Bonchev–Trinajstić information content (AvgIpc) is 3.51. The van der Waals surface area contributed by atoms with Gasteiger partial charge in [-0.15, -0.1) is 0 Å². The average molecular weight is 642 g/mol. The Kier molecular flexibility index (Phi) is 5.48. The molecule has 0 aliphatic rings. The van der Waals surface area contributed by atoms with E-state index in [-0.39, 0.29) is 0 Å². The van der Waals surface area contributed by atoms with E-state index in [0.29, 0.717) is 0 Å². The van der Waals surface area contributed by atoms with E-state index in [2.05, 4.69) is 174 Å². The number of hydrogen-bond acceptors (Lipinski definition) is 0. The highest BCUT2D eigenvalue weighted by atomic mass is 79.9. The minimum atomic E-state index is 1.06. The van der Waals surface area contributed by atoms with E-state index >= 15 is 0 Å². The summed E-state index contributed by atoms with van der Waals surface area (Å²) in [5.41, 5.74) is 9.47. The van der Waals surface area contributed by atoms with Crippen LogP contribution in [0, 0.1) is 0 Å². The normalized spacial score (nSPS) is 11.8. The van der Waals surface area contributed by atoms with Gasteiger partial charge < -0.3 is 9.13 Å². The third-order valence-electron chi connectivity index (χ3n) is 7.85. The van der Waals surface area contributed by atoms with E-state index in [1.165, 1.54) is 49.2 Å². The van der Waals surface area contributed by atoms with Crippen molar-refractivity contribution < 1.29 is 0 Å². The number of fused-ring (bicyclic) bond motifs is 6. The van der Waals surface area contributed by atoms with Crippen LogP contribution in [-0.4, -0.2) is 9.13 Å². The Morgan fingerprint density at radius 2 is 1.05 bits per heavy atom. The molecule has 8 aromatic rings. The van der Waals surface area contributed by atoms with Crippen molar-refractivity contribution in [1.82, 2.24) is 9.13 Å². The number of hydrogen-bond donors (Lipinski definition) is 0. The third-order valence-corrected chi connectivity index (χ3v) is 9.16. The Balaban J connectivity index is 1.43. The van der Waals surface area contributed by atoms with Gasteiger partial charge in [0.15, 0.2) is 0 Å². The first kappa shape index (κ1) is 23.7. The summed E-state index contributed by atoms with van der Waals surface area (Å²) >= 11 is 7.65. The Morgan fingerprint density at radius 1 is 0.400 bits per heavy atom. The molecule has 190 valence electrons. The lowest BCUT2D eigenvalue weighted by Crippen LogP contribution is -1.96. The molecule has 0 atom stereocenters. The van der Waals surface area contributed by atoms with Gasteiger partial charge in [-0.1, -0.05) is 78.9 Å². The predicted molar refractivity (Wildman–Crippen MR) is 176 cm³/mol. The van der Waals surface area contributed by atoms with Crippen LogP contribution in [-0.2, 0) is 0 Å². The standard InChI is InChI=1S/C36H22Br2N2/c37-30-13-5-7-16-35(30)40-34-20-18-25(22-29(34)27-12-8-14-31(38)36(27)40)39-32-15-6-4-11-26(32)28-21-24(17-19-33(28)39)23-9-2-1-3-10-23/h1-22H. The molecule has 0 aliphatic carbocycles. The number of nitrogens with zero attached hydrogens (tertiary/aromatic N) is 2. The fourth-order valence-electron chi connectivity index (χ4n) is 6.10. The zero-order valence-electron chi connectivity index (χ0n) is 21.4. The fraction of sp³-hybridized carbons (Fsp3) is 0. The smallest absolute Gasteiger partial charge is 0.0683 e. The second kappa shape index (κ2) is 9.22. The lowest BCUT2D eigenvalue weighted by atomic mass is 10.0. The largest absolute Gasteiger partial charge is 0.309 e. The van der Waals surface area contributed by atoms with E-state index in [1.807, 2.05) is 0 Å². The number of benzene rings is 6. The van der Waals surface area contributed by atoms with Crippen LogP contribution in [0.15, 0.2) is 142 Å². The summed E-state index contributed by atoms with van der Waals surface area (Å²) < 4.78 is 6.88. The lowest BCUT2D eigenvalue weighted by molar-refractivity contribution is 1.15. The predicted octanol–water partition coefficient (Wildman–Crippen LogP) is 11.1. The van der Waals surface area contributed by atoms with Crippen LogP contribution in [0.1, 0.15) is 0 Å². The van der Waals surface area contributed by atoms with Gasteiger partial charge in [0.2, 0.25) is 0 Å². The second-order valence-electron chi connectivity index (χ2n) is 10.1. The monoisotopic (exact) mass is 640 g/mol. The molecule has 8 rings (SSSR count). The van der Waals surface area contributed by atoms with Crippen LogP contribution in [0.25, 0.3) is 66.1 Å². The van der Waals surface area contributed by atoms with Crippen molar-refractivity contribution in [3.8, 4) is 22.5 Å². The molecule has 0 bridgehead atoms. The second-order valence-corrected chi connectivity index (χ2v) is 11.8. The zero-order valence-corrected chi connectivity index (χ0v) is 24.5. The van der Waals surface area contributed by atoms with E-state index in [4.69, 9.17) is 0 Å². The highest BCUT2D eigenvalue weighted by Crippen LogP contribution is 2.40. The van der Waals surface area contributed by atoms with Crippen LogP contribution in [0.3, 0.4) is 0 Å². The molecule has 4 heteroatoms. The molecule has 0 saturated heterocycles. The molecule has 6 aromatic carbocycles. The van der Waals surface area contributed by atoms with Gasteiger partial charge in [-0.2, -0.15) is 0 Å². The maximum absolute atomic E-state index is 3.85. The molecule has 40 heavy (non-hydrogen) atoms. The maximum atomic E-state index is 3.85. The van der Waals surface area contributed by atoms with Gasteiger partial charge in [0.1, 0.15) is 0 Å². The Bertz CT molecular complexity index is 2240. The van der Waals surface area contributed by atoms with Gasteiger partial charge in [-0.3, -0.25) is 0 Å². The highest BCUT2D eigenvalue weighted by molar-refractivity contribution is 9.11. The molecular weight excluding hydrogens is 620 g/mol. The third kappa shape index (κ3) is 3.53. The van der Waals surface area contributed by atoms with Crippen molar-refractivity contribution in [3.63, 3.8) is 0 Å². The van der Waals surface area contributed by atoms with E-state index in [1.54, 1.807) is 0 Å². The Hall–Kier alpha value is -4.12. The molecule has 0 N–H and O–H groups in total. The quantitative estimate of drug-likeness (QED) is 0.182. The zero-order chi connectivity index (χ0) is 26.8. The number of para-hydroxylation sites is 3. The van der Waals surface area contributed by atoms with Gasteiger partial charge in [-0.05, 0) is 97.6 Å². The minimum absolute atomic E-state index is 1.06. The highest BCUT2D eigenvalue weighted by Gasteiger charge is 2.18. The first-order chi connectivity index (χ1) is 19.7. The summed E-state index contributed by atoms with van der Waals surface area (Å²) in [5, 5.41) is 4.95. The Labute approximate surface area is 248 Å². The summed E-state index contributed by atoms with van der Waals surface area (Å²) in [7, 11) is 0. The van der Waals surface area contributed by atoms with Crippen LogP contribution < -0.4 is 0 Å². The molecule has 2 nitrogen and oxygen atoms in total. The summed E-state index contributed by atoms with van der Waals surface area (Å²) in [6.07, 6.45) is 0. The molecule has 2 aromatic heterocycles. The SMILES string of the molecule is Brc1ccccc1-n1c2ccc(-n3c4ccccc4c4cc(-c5ccccc5)ccc43)cc2c2cccc(Br)c21. The molecule has 2 heterocycles. The minimum Gasteiger partial charge on any atom is -0.309 e. The fourth-order valence-corrected chi connectivity index (χ4v) is 7.10. The van der Waals surface area contributed by atoms with Gasteiger partial charge in [0, 0.05) is 36.2 Å². The van der Waals surface area contributed by atoms with Crippen molar-refractivity contribution in [3.05, 3.63) is 142 Å². The topological polar surface area (TPSA) is 9.86 Å². The molecule has 0 fully saturated rings. The van der Waals surface area contributed by atoms with Crippen molar-refractivity contribution >= 4 is 75.5 Å². The summed E-state index contributed by atoms with van der Waals surface area (Å²) in [5.74, 6) is 0. The first-order valence-electron chi connectivity index (χ1n) is 13.3. The Morgan fingerprint density at radius 3 is 1.93 bits per heavy atom. The summed E-state index contributed by atoms with van der Waals surface area (Å²) in [6, 6.07) is 47.9. The van der Waals surface area contributed by atoms with Crippen LogP contribution in [0.5, 0.6) is 0 Å². The molecule has 0 radical (unpaired) electrons. The molecule has 0 amide bonds. The van der Waals surface area contributed by atoms with E-state index in [0.717, 1.165) is 25.8 Å². The van der Waals surface area contributed by atoms with Gasteiger partial charge in [0.25, 0.3) is 0 Å². The summed E-state index contributed by atoms with van der Waals surface area (Å²) in [6.45, 7) is 0. The van der Waals surface area contributed by atoms with Crippen LogP contribution >= 0.6 is 31.9 Å². The van der Waals surface area contributed by atoms with E-state index < -0.39 is 0 Å². The number of halogens is 2. The molecule has 0 aliphatic heterocycles.